The molecule has 0 unspecified atom stereocenters. The largest absolute Gasteiger partial charge is 0.400 e. The molecule has 0 amide bonds. The van der Waals surface area contributed by atoms with Gasteiger partial charge in [-0.15, -0.1) is 0 Å². The lowest BCUT2D eigenvalue weighted by Crippen LogP contribution is -2.18. The van der Waals surface area contributed by atoms with Crippen LogP contribution in [0.15, 0.2) is 0 Å². The maximum atomic E-state index is 11.4. The molecular weight excluding hydrogens is 360 g/mol. The topological polar surface area (TPSA) is 108 Å². The number of rotatable bonds is 20. The normalized spacial score (nSPS) is 11.9. The molecule has 0 spiro atoms. The Bertz CT molecular complexity index is 335. The Kier molecular flexibility index (Phi) is 18.1. The lowest BCUT2D eigenvalue weighted by atomic mass is 10.7. The van der Waals surface area contributed by atoms with E-state index in [4.69, 9.17) is 28.4 Å². The predicted molar refractivity (Wildman–Crippen MR) is 87.9 cm³/mol. The first-order valence-corrected chi connectivity index (χ1v) is 9.28. The van der Waals surface area contributed by atoms with Crippen molar-refractivity contribution in [1.29, 1.82) is 0 Å². The summed E-state index contributed by atoms with van der Waals surface area (Å²) in [4.78, 5) is 0. The second kappa shape index (κ2) is 18.4. The monoisotopic (exact) mass is 390 g/mol. The van der Waals surface area contributed by atoms with E-state index in [1.54, 1.807) is 14.2 Å². The first-order chi connectivity index (χ1) is 12.1. The van der Waals surface area contributed by atoms with Gasteiger partial charge in [0.15, 0.2) is 0 Å². The summed E-state index contributed by atoms with van der Waals surface area (Å²) in [6.45, 7) is 3.47. The molecule has 0 aromatic carbocycles. The van der Waals surface area contributed by atoms with E-state index < -0.39 is 10.4 Å². The molecule has 0 aliphatic rings. The number of hydrogen-bond donors (Lipinski definition) is 0. The van der Waals surface area contributed by atoms with Gasteiger partial charge in [-0.25, -0.2) is 8.37 Å². The van der Waals surface area contributed by atoms with Crippen molar-refractivity contribution in [2.24, 2.45) is 0 Å². The van der Waals surface area contributed by atoms with Gasteiger partial charge < -0.3 is 28.4 Å². The van der Waals surface area contributed by atoms with Gasteiger partial charge in [0.1, 0.15) is 0 Å². The van der Waals surface area contributed by atoms with E-state index >= 15 is 0 Å². The summed E-state index contributed by atoms with van der Waals surface area (Å²) in [7, 11) is -0.871. The molecular formula is C14H30O10S. The molecule has 0 atom stereocenters. The van der Waals surface area contributed by atoms with E-state index in [0.717, 1.165) is 0 Å². The van der Waals surface area contributed by atoms with Crippen molar-refractivity contribution in [3.05, 3.63) is 0 Å². The number of hydrogen-bond acceptors (Lipinski definition) is 10. The van der Waals surface area contributed by atoms with Gasteiger partial charge in [-0.1, -0.05) is 0 Å². The molecule has 0 aliphatic carbocycles. The Balaban J connectivity index is 3.35. The Hall–Kier alpha value is -0.370. The summed E-state index contributed by atoms with van der Waals surface area (Å²) in [6, 6.07) is 0. The van der Waals surface area contributed by atoms with Crippen LogP contribution in [0.1, 0.15) is 0 Å². The van der Waals surface area contributed by atoms with E-state index in [-0.39, 0.29) is 26.4 Å². The van der Waals surface area contributed by atoms with E-state index in [1.807, 2.05) is 0 Å². The maximum absolute atomic E-state index is 11.4. The lowest BCUT2D eigenvalue weighted by Gasteiger charge is -2.08. The predicted octanol–water partition coefficient (Wildman–Crippen LogP) is -0.376. The minimum Gasteiger partial charge on any atom is -0.382 e. The fourth-order valence-electron chi connectivity index (χ4n) is 1.35. The van der Waals surface area contributed by atoms with Crippen LogP contribution in [0.3, 0.4) is 0 Å². The minimum atomic E-state index is -4.05. The van der Waals surface area contributed by atoms with Crippen molar-refractivity contribution in [2.75, 3.05) is 93.5 Å². The van der Waals surface area contributed by atoms with Crippen LogP contribution in [0.2, 0.25) is 0 Å². The Morgan fingerprint density at radius 1 is 0.480 bits per heavy atom. The Morgan fingerprint density at radius 3 is 1.08 bits per heavy atom. The molecule has 0 aromatic heterocycles. The van der Waals surface area contributed by atoms with Crippen molar-refractivity contribution in [3.8, 4) is 0 Å². The maximum Gasteiger partial charge on any atom is 0.400 e. The van der Waals surface area contributed by atoms with Crippen LogP contribution in [-0.2, 0) is 47.2 Å². The Morgan fingerprint density at radius 2 is 0.760 bits per heavy atom. The number of ether oxygens (including phenoxy) is 6. The van der Waals surface area contributed by atoms with Crippen molar-refractivity contribution < 1.29 is 45.2 Å². The summed E-state index contributed by atoms with van der Waals surface area (Å²) in [6.07, 6.45) is 0. The zero-order chi connectivity index (χ0) is 18.6. The van der Waals surface area contributed by atoms with Crippen LogP contribution in [0.25, 0.3) is 0 Å². The molecule has 0 saturated carbocycles. The molecule has 0 N–H and O–H groups in total. The summed E-state index contributed by atoms with van der Waals surface area (Å²) >= 11 is 0. The van der Waals surface area contributed by atoms with Crippen LogP contribution in [-0.4, -0.2) is 102 Å². The first-order valence-electron chi connectivity index (χ1n) is 7.95. The highest BCUT2D eigenvalue weighted by Gasteiger charge is 2.11. The molecule has 10 nitrogen and oxygen atoms in total. The molecule has 0 radical (unpaired) electrons. The van der Waals surface area contributed by atoms with Crippen molar-refractivity contribution in [1.82, 2.24) is 0 Å². The second-order valence-corrected chi connectivity index (χ2v) is 5.78. The summed E-state index contributed by atoms with van der Waals surface area (Å²) in [5, 5.41) is 0. The van der Waals surface area contributed by atoms with E-state index in [2.05, 4.69) is 8.37 Å². The average molecular weight is 390 g/mol. The SMILES string of the molecule is COCCOCCOCCOS(=O)(=O)OCCOCCOCCOC. The quantitative estimate of drug-likeness (QED) is 0.255. The standard InChI is InChI=1S/C14H30O10S/c1-17-3-5-19-7-9-21-11-13-23-25(15,16)24-14-12-22-10-8-20-6-4-18-2/h3-14H2,1-2H3. The van der Waals surface area contributed by atoms with Gasteiger partial charge in [-0.2, -0.15) is 8.42 Å². The van der Waals surface area contributed by atoms with E-state index in [1.165, 1.54) is 0 Å². The van der Waals surface area contributed by atoms with Gasteiger partial charge in [0.25, 0.3) is 0 Å². The van der Waals surface area contributed by atoms with Crippen LogP contribution in [0.5, 0.6) is 0 Å². The summed E-state index contributed by atoms with van der Waals surface area (Å²) < 4.78 is 62.3. The smallest absolute Gasteiger partial charge is 0.382 e. The second-order valence-electron chi connectivity index (χ2n) is 4.49. The highest BCUT2D eigenvalue weighted by Crippen LogP contribution is 1.96. The van der Waals surface area contributed by atoms with Crippen LogP contribution in [0.4, 0.5) is 0 Å². The molecule has 0 rings (SSSR count). The minimum absolute atomic E-state index is 0.117. The van der Waals surface area contributed by atoms with E-state index in [0.29, 0.717) is 52.9 Å². The highest BCUT2D eigenvalue weighted by atomic mass is 32.3. The zero-order valence-corrected chi connectivity index (χ0v) is 15.8. The van der Waals surface area contributed by atoms with Crippen molar-refractivity contribution >= 4 is 10.4 Å². The lowest BCUT2D eigenvalue weighted by molar-refractivity contribution is 0.0127. The van der Waals surface area contributed by atoms with Gasteiger partial charge in [0.05, 0.1) is 79.3 Å². The third kappa shape index (κ3) is 19.8. The van der Waals surface area contributed by atoms with Gasteiger partial charge >= 0.3 is 10.4 Å². The third-order valence-electron chi connectivity index (χ3n) is 2.52. The van der Waals surface area contributed by atoms with Gasteiger partial charge in [0, 0.05) is 14.2 Å². The number of methoxy groups -OCH3 is 2. The van der Waals surface area contributed by atoms with Crippen LogP contribution >= 0.6 is 0 Å². The fourth-order valence-corrected chi connectivity index (χ4v) is 1.96. The van der Waals surface area contributed by atoms with Gasteiger partial charge in [-0.05, 0) is 0 Å². The highest BCUT2D eigenvalue weighted by molar-refractivity contribution is 7.81. The Labute approximate surface area is 149 Å². The van der Waals surface area contributed by atoms with E-state index in [9.17, 15) is 8.42 Å². The van der Waals surface area contributed by atoms with Gasteiger partial charge in [0.2, 0.25) is 0 Å². The van der Waals surface area contributed by atoms with Gasteiger partial charge in [-0.3, -0.25) is 0 Å². The zero-order valence-electron chi connectivity index (χ0n) is 15.0. The first kappa shape index (κ1) is 24.6. The molecule has 0 heterocycles. The molecule has 11 heteroatoms. The molecule has 0 fully saturated rings. The summed E-state index contributed by atoms with van der Waals surface area (Å²) in [5.74, 6) is 0. The average Bonchev–Trinajstić information content (AvgIpc) is 2.59. The van der Waals surface area contributed by atoms with Crippen LogP contribution < -0.4 is 0 Å². The molecule has 0 aliphatic heterocycles. The summed E-state index contributed by atoms with van der Waals surface area (Å²) in [5.41, 5.74) is 0. The molecule has 152 valence electrons. The van der Waals surface area contributed by atoms with Crippen molar-refractivity contribution in [3.63, 3.8) is 0 Å². The van der Waals surface area contributed by atoms with Crippen molar-refractivity contribution in [2.45, 2.75) is 0 Å². The molecule has 25 heavy (non-hydrogen) atoms. The molecule has 0 bridgehead atoms. The van der Waals surface area contributed by atoms with Crippen LogP contribution in [0, 0.1) is 0 Å². The molecule has 0 aromatic rings. The molecule has 0 saturated heterocycles. The third-order valence-corrected chi connectivity index (χ3v) is 3.43. The fraction of sp³-hybridized carbons (Fsp3) is 1.00.